The quantitative estimate of drug-likeness (QED) is 0.798. The molecule has 6 nitrogen and oxygen atoms in total. The summed E-state index contributed by atoms with van der Waals surface area (Å²) in [7, 11) is 0. The van der Waals surface area contributed by atoms with Crippen LogP contribution in [0.4, 0.5) is 21.9 Å². The Hall–Kier alpha value is -3.02. The van der Waals surface area contributed by atoms with Gasteiger partial charge in [-0.05, 0) is 55.7 Å². The van der Waals surface area contributed by atoms with E-state index in [9.17, 15) is 9.59 Å². The van der Waals surface area contributed by atoms with Gasteiger partial charge in [-0.3, -0.25) is 4.79 Å². The highest BCUT2D eigenvalue weighted by Gasteiger charge is 2.16. The van der Waals surface area contributed by atoms with E-state index < -0.39 is 6.03 Å². The van der Waals surface area contributed by atoms with Gasteiger partial charge in [0.1, 0.15) is 0 Å². The Bertz CT molecular complexity index is 752. The molecule has 4 N–H and O–H groups in total. The van der Waals surface area contributed by atoms with Crippen molar-refractivity contribution >= 4 is 29.0 Å². The van der Waals surface area contributed by atoms with E-state index in [1.54, 1.807) is 24.3 Å². The van der Waals surface area contributed by atoms with Gasteiger partial charge in [-0.1, -0.05) is 12.1 Å². The largest absolute Gasteiger partial charge is 0.370 e. The van der Waals surface area contributed by atoms with Crippen LogP contribution < -0.4 is 21.3 Å². The van der Waals surface area contributed by atoms with Crippen LogP contribution in [-0.2, 0) is 0 Å². The lowest BCUT2D eigenvalue weighted by molar-refractivity contribution is 0.102. The lowest BCUT2D eigenvalue weighted by atomic mass is 10.1. The molecule has 2 aromatic rings. The lowest BCUT2D eigenvalue weighted by Crippen LogP contribution is -2.30. The number of nitrogens with zero attached hydrogens (tertiary/aromatic N) is 1. The third-order valence-electron chi connectivity index (χ3n) is 4.26. The van der Waals surface area contributed by atoms with E-state index in [1.807, 2.05) is 24.3 Å². The maximum atomic E-state index is 12.5. The van der Waals surface area contributed by atoms with Gasteiger partial charge in [0.15, 0.2) is 0 Å². The van der Waals surface area contributed by atoms with Crippen molar-refractivity contribution in [2.75, 3.05) is 28.6 Å². The van der Waals surface area contributed by atoms with Gasteiger partial charge in [0.2, 0.25) is 0 Å². The Balaban J connectivity index is 1.73. The van der Waals surface area contributed by atoms with Crippen LogP contribution in [0.25, 0.3) is 0 Å². The molecular formula is C19H22N4O2. The summed E-state index contributed by atoms with van der Waals surface area (Å²) in [5.41, 5.74) is 8.02. The van der Waals surface area contributed by atoms with E-state index in [-0.39, 0.29) is 5.91 Å². The first-order valence-electron chi connectivity index (χ1n) is 8.45. The van der Waals surface area contributed by atoms with Crippen LogP contribution in [0.1, 0.15) is 29.6 Å². The summed E-state index contributed by atoms with van der Waals surface area (Å²) in [6.07, 6.45) is 3.62. The van der Waals surface area contributed by atoms with Crippen LogP contribution in [0.2, 0.25) is 0 Å². The summed E-state index contributed by atoms with van der Waals surface area (Å²) < 4.78 is 0. The number of piperidine rings is 1. The monoisotopic (exact) mass is 338 g/mol. The standard InChI is InChI=1S/C19H22N4O2/c20-19(25)21-15-10-8-14(9-11-15)18(24)22-16-6-2-3-7-17(16)23-12-4-1-5-13-23/h2-3,6-11H,1,4-5,12-13H2,(H,22,24)(H3,20,21,25). The molecule has 130 valence electrons. The maximum Gasteiger partial charge on any atom is 0.316 e. The van der Waals surface area contributed by atoms with Gasteiger partial charge in [-0.2, -0.15) is 0 Å². The molecule has 1 aliphatic rings. The van der Waals surface area contributed by atoms with Crippen molar-refractivity contribution in [3.63, 3.8) is 0 Å². The minimum absolute atomic E-state index is 0.185. The third kappa shape index (κ3) is 4.29. The number of benzene rings is 2. The van der Waals surface area contributed by atoms with E-state index >= 15 is 0 Å². The number of nitrogens with one attached hydrogen (secondary N) is 2. The van der Waals surface area contributed by atoms with Gasteiger partial charge in [-0.15, -0.1) is 0 Å². The second-order valence-electron chi connectivity index (χ2n) is 6.09. The summed E-state index contributed by atoms with van der Waals surface area (Å²) in [6.45, 7) is 2.03. The maximum absolute atomic E-state index is 12.5. The van der Waals surface area contributed by atoms with Crippen molar-refractivity contribution in [2.24, 2.45) is 5.73 Å². The molecule has 0 aliphatic carbocycles. The summed E-state index contributed by atoms with van der Waals surface area (Å²) in [6, 6.07) is 13.9. The normalized spacial score (nSPS) is 14.0. The molecule has 1 heterocycles. The molecule has 0 atom stereocenters. The number of carbonyl (C=O) groups is 2. The number of para-hydroxylation sites is 2. The number of hydrogen-bond donors (Lipinski definition) is 3. The molecule has 0 aromatic heterocycles. The highest BCUT2D eigenvalue weighted by atomic mass is 16.2. The summed E-state index contributed by atoms with van der Waals surface area (Å²) >= 11 is 0. The predicted octanol–water partition coefficient (Wildman–Crippen LogP) is 3.42. The molecule has 0 bridgehead atoms. The van der Waals surface area contributed by atoms with Crippen molar-refractivity contribution < 1.29 is 9.59 Å². The molecule has 0 radical (unpaired) electrons. The number of amides is 3. The smallest absolute Gasteiger partial charge is 0.316 e. The molecule has 0 spiro atoms. The first-order valence-corrected chi connectivity index (χ1v) is 8.45. The zero-order valence-corrected chi connectivity index (χ0v) is 14.0. The van der Waals surface area contributed by atoms with E-state index in [1.165, 1.54) is 19.3 Å². The number of primary amides is 1. The summed E-state index contributed by atoms with van der Waals surface area (Å²) in [5, 5.41) is 5.46. The van der Waals surface area contributed by atoms with Crippen LogP contribution in [0, 0.1) is 0 Å². The van der Waals surface area contributed by atoms with Crippen molar-refractivity contribution in [2.45, 2.75) is 19.3 Å². The molecule has 2 aromatic carbocycles. The molecule has 0 unspecified atom stereocenters. The van der Waals surface area contributed by atoms with Gasteiger partial charge in [0.25, 0.3) is 5.91 Å². The number of nitrogens with two attached hydrogens (primary N) is 1. The first-order chi connectivity index (χ1) is 12.1. The van der Waals surface area contributed by atoms with Gasteiger partial charge in [-0.25, -0.2) is 4.79 Å². The van der Waals surface area contributed by atoms with Gasteiger partial charge >= 0.3 is 6.03 Å². The Morgan fingerprint density at radius 3 is 2.24 bits per heavy atom. The molecule has 3 amide bonds. The molecule has 3 rings (SSSR count). The molecule has 6 heteroatoms. The van der Waals surface area contributed by atoms with Crippen LogP contribution >= 0.6 is 0 Å². The Morgan fingerprint density at radius 2 is 1.56 bits per heavy atom. The summed E-state index contributed by atoms with van der Waals surface area (Å²) in [5.74, 6) is -0.185. The SMILES string of the molecule is NC(=O)Nc1ccc(C(=O)Nc2ccccc2N2CCCCC2)cc1. The van der Waals surface area contributed by atoms with Crippen LogP contribution in [-0.4, -0.2) is 25.0 Å². The highest BCUT2D eigenvalue weighted by molar-refractivity contribution is 6.06. The van der Waals surface area contributed by atoms with Crippen molar-refractivity contribution in [3.8, 4) is 0 Å². The highest BCUT2D eigenvalue weighted by Crippen LogP contribution is 2.28. The number of carbonyl (C=O) groups excluding carboxylic acids is 2. The molecule has 1 saturated heterocycles. The summed E-state index contributed by atoms with van der Waals surface area (Å²) in [4.78, 5) is 25.7. The first kappa shape index (κ1) is 16.8. The topological polar surface area (TPSA) is 87.5 Å². The average Bonchev–Trinajstić information content (AvgIpc) is 2.63. The number of rotatable bonds is 4. The fraction of sp³-hybridized carbons (Fsp3) is 0.263. The van der Waals surface area contributed by atoms with Crippen LogP contribution in [0.15, 0.2) is 48.5 Å². The lowest BCUT2D eigenvalue weighted by Gasteiger charge is -2.30. The van der Waals surface area contributed by atoms with Crippen LogP contribution in [0.5, 0.6) is 0 Å². The third-order valence-corrected chi connectivity index (χ3v) is 4.26. The average molecular weight is 338 g/mol. The fourth-order valence-electron chi connectivity index (χ4n) is 3.03. The van der Waals surface area contributed by atoms with E-state index in [2.05, 4.69) is 15.5 Å². The van der Waals surface area contributed by atoms with Crippen molar-refractivity contribution in [1.82, 2.24) is 0 Å². The number of hydrogen-bond acceptors (Lipinski definition) is 3. The Labute approximate surface area is 147 Å². The molecule has 1 aliphatic heterocycles. The second-order valence-corrected chi connectivity index (χ2v) is 6.09. The fourth-order valence-corrected chi connectivity index (χ4v) is 3.03. The molecule has 0 saturated carbocycles. The zero-order valence-electron chi connectivity index (χ0n) is 14.0. The van der Waals surface area contributed by atoms with Crippen molar-refractivity contribution in [1.29, 1.82) is 0 Å². The number of anilines is 3. The second kappa shape index (κ2) is 7.70. The van der Waals surface area contributed by atoms with Gasteiger partial charge in [0, 0.05) is 24.3 Å². The minimum Gasteiger partial charge on any atom is -0.370 e. The van der Waals surface area contributed by atoms with Gasteiger partial charge in [0.05, 0.1) is 11.4 Å². The van der Waals surface area contributed by atoms with Crippen molar-refractivity contribution in [3.05, 3.63) is 54.1 Å². The molecule has 1 fully saturated rings. The molecule has 25 heavy (non-hydrogen) atoms. The number of urea groups is 1. The zero-order chi connectivity index (χ0) is 17.6. The Kier molecular flexibility index (Phi) is 5.18. The van der Waals surface area contributed by atoms with E-state index in [4.69, 9.17) is 5.73 Å². The van der Waals surface area contributed by atoms with Gasteiger partial charge < -0.3 is 21.3 Å². The predicted molar refractivity (Wildman–Crippen MR) is 100 cm³/mol. The van der Waals surface area contributed by atoms with E-state index in [0.717, 1.165) is 24.5 Å². The molecular weight excluding hydrogens is 316 g/mol. The Morgan fingerprint density at radius 1 is 0.880 bits per heavy atom. The van der Waals surface area contributed by atoms with Crippen LogP contribution in [0.3, 0.4) is 0 Å². The minimum atomic E-state index is -0.632. The van der Waals surface area contributed by atoms with E-state index in [0.29, 0.717) is 11.3 Å².